The average Bonchev–Trinajstić information content (AvgIpc) is 3.16. The zero-order chi connectivity index (χ0) is 23.5. The summed E-state index contributed by atoms with van der Waals surface area (Å²) in [6.45, 7) is 0. The molecule has 168 valence electrons. The highest BCUT2D eigenvalue weighted by molar-refractivity contribution is 7.98. The number of fused-ring (bicyclic) bond motifs is 1. The van der Waals surface area contributed by atoms with Crippen molar-refractivity contribution in [2.75, 3.05) is 5.32 Å². The molecule has 0 radical (unpaired) electrons. The Morgan fingerprint density at radius 2 is 1.82 bits per heavy atom. The zero-order valence-electron chi connectivity index (χ0n) is 18.3. The summed E-state index contributed by atoms with van der Waals surface area (Å²) < 4.78 is 1.65. The molecule has 0 unspecified atom stereocenters. The second kappa shape index (κ2) is 9.67. The maximum Gasteiger partial charge on any atom is 0.256 e. The molecule has 3 heterocycles. The normalized spacial score (nSPS) is 11.0. The molecule has 0 bridgehead atoms. The van der Waals surface area contributed by atoms with Crippen LogP contribution >= 0.6 is 23.4 Å². The standard InChI is InChI=1S/C26H20ClN5OS/c1-32-25(27)20(24(31-32)22-11-6-7-13-28-22)16-34-23-12-5-3-9-19(23)26(33)30-18-14-17-8-2-4-10-21(17)29-15-18/h2-15H,16H2,1H3,(H,30,33). The van der Waals surface area contributed by atoms with E-state index in [1.54, 1.807) is 17.1 Å². The van der Waals surface area contributed by atoms with E-state index in [0.717, 1.165) is 32.7 Å². The Morgan fingerprint density at radius 1 is 1.03 bits per heavy atom. The number of pyridine rings is 2. The van der Waals surface area contributed by atoms with Gasteiger partial charge in [0.1, 0.15) is 10.8 Å². The number of hydrogen-bond acceptors (Lipinski definition) is 5. The minimum absolute atomic E-state index is 0.192. The number of carbonyl (C=O) groups excluding carboxylic acids is 1. The van der Waals surface area contributed by atoms with E-state index in [2.05, 4.69) is 20.4 Å². The molecule has 0 aliphatic carbocycles. The highest BCUT2D eigenvalue weighted by Crippen LogP contribution is 2.34. The van der Waals surface area contributed by atoms with Crippen LogP contribution in [-0.2, 0) is 12.8 Å². The number of nitrogens with one attached hydrogen (secondary N) is 1. The maximum atomic E-state index is 13.1. The summed E-state index contributed by atoms with van der Waals surface area (Å²) >= 11 is 8.10. The molecule has 6 nitrogen and oxygen atoms in total. The molecule has 0 spiro atoms. The van der Waals surface area contributed by atoms with Crippen LogP contribution in [-0.4, -0.2) is 25.7 Å². The van der Waals surface area contributed by atoms with Crippen molar-refractivity contribution in [1.29, 1.82) is 0 Å². The second-order valence-electron chi connectivity index (χ2n) is 7.61. The van der Waals surface area contributed by atoms with E-state index in [0.29, 0.717) is 22.2 Å². The van der Waals surface area contributed by atoms with Gasteiger partial charge in [0.25, 0.3) is 5.91 Å². The van der Waals surface area contributed by atoms with Gasteiger partial charge in [0.2, 0.25) is 0 Å². The van der Waals surface area contributed by atoms with Crippen LogP contribution in [0.25, 0.3) is 22.3 Å². The Morgan fingerprint density at radius 3 is 2.68 bits per heavy atom. The smallest absolute Gasteiger partial charge is 0.256 e. The third-order valence-corrected chi connectivity index (χ3v) is 6.90. The number of carbonyl (C=O) groups is 1. The summed E-state index contributed by atoms with van der Waals surface area (Å²) in [6.07, 6.45) is 3.40. The van der Waals surface area contributed by atoms with Gasteiger partial charge in [-0.25, -0.2) is 0 Å². The van der Waals surface area contributed by atoms with Crippen LogP contribution < -0.4 is 5.32 Å². The van der Waals surface area contributed by atoms with Crippen LogP contribution in [0.2, 0.25) is 5.15 Å². The summed E-state index contributed by atoms with van der Waals surface area (Å²) in [4.78, 5) is 22.8. The van der Waals surface area contributed by atoms with Gasteiger partial charge in [-0.05, 0) is 36.4 Å². The van der Waals surface area contributed by atoms with Gasteiger partial charge in [-0.3, -0.25) is 19.4 Å². The second-order valence-corrected chi connectivity index (χ2v) is 8.99. The first kappa shape index (κ1) is 22.1. The SMILES string of the molecule is Cn1nc(-c2ccccn2)c(CSc2ccccc2C(=O)Nc2cnc3ccccc3c2)c1Cl. The number of halogens is 1. The lowest BCUT2D eigenvalue weighted by Gasteiger charge is -2.11. The fraction of sp³-hybridized carbons (Fsp3) is 0.0769. The predicted octanol–water partition coefficient (Wildman–Crippen LogP) is 6.23. The van der Waals surface area contributed by atoms with Crippen molar-refractivity contribution in [1.82, 2.24) is 19.7 Å². The molecule has 0 atom stereocenters. The highest BCUT2D eigenvalue weighted by atomic mass is 35.5. The van der Waals surface area contributed by atoms with Gasteiger partial charge < -0.3 is 5.32 Å². The molecule has 0 saturated carbocycles. The van der Waals surface area contributed by atoms with Crippen molar-refractivity contribution >= 4 is 45.9 Å². The monoisotopic (exact) mass is 485 g/mol. The Hall–Kier alpha value is -3.68. The first-order chi connectivity index (χ1) is 16.6. The molecule has 1 N–H and O–H groups in total. The Kier molecular flexibility index (Phi) is 6.29. The quantitative estimate of drug-likeness (QED) is 0.289. The summed E-state index contributed by atoms with van der Waals surface area (Å²) in [5.41, 5.74) is 4.49. The van der Waals surface area contributed by atoms with Crippen LogP contribution in [0.5, 0.6) is 0 Å². The fourth-order valence-electron chi connectivity index (χ4n) is 3.65. The van der Waals surface area contributed by atoms with Gasteiger partial charge in [0.15, 0.2) is 0 Å². The van der Waals surface area contributed by atoms with E-state index in [1.165, 1.54) is 11.8 Å². The topological polar surface area (TPSA) is 72.7 Å². The number of hydrogen-bond donors (Lipinski definition) is 1. The number of aromatic nitrogens is 4. The summed E-state index contributed by atoms with van der Waals surface area (Å²) in [5.74, 6) is 0.350. The van der Waals surface area contributed by atoms with Crippen LogP contribution in [0, 0.1) is 0 Å². The van der Waals surface area contributed by atoms with Crippen LogP contribution in [0.4, 0.5) is 5.69 Å². The van der Waals surface area contributed by atoms with Gasteiger partial charge in [-0.2, -0.15) is 5.10 Å². The molecule has 2 aromatic carbocycles. The van der Waals surface area contributed by atoms with Crippen LogP contribution in [0.3, 0.4) is 0 Å². The molecular formula is C26H20ClN5OS. The van der Waals surface area contributed by atoms with Crippen molar-refractivity contribution in [3.8, 4) is 11.4 Å². The minimum atomic E-state index is -0.192. The van der Waals surface area contributed by atoms with Crippen LogP contribution in [0.15, 0.2) is 90.1 Å². The van der Waals surface area contributed by atoms with E-state index in [-0.39, 0.29) is 5.91 Å². The molecule has 0 fully saturated rings. The maximum absolute atomic E-state index is 13.1. The third kappa shape index (κ3) is 4.53. The number of aryl methyl sites for hydroxylation is 1. The van der Waals surface area contributed by atoms with Gasteiger partial charge in [-0.1, -0.05) is 48.0 Å². The number of amides is 1. The van der Waals surface area contributed by atoms with Crippen molar-refractivity contribution in [3.63, 3.8) is 0 Å². The van der Waals surface area contributed by atoms with Gasteiger partial charge in [0, 0.05) is 34.8 Å². The van der Waals surface area contributed by atoms with Gasteiger partial charge >= 0.3 is 0 Å². The van der Waals surface area contributed by atoms with E-state index in [4.69, 9.17) is 11.6 Å². The van der Waals surface area contributed by atoms with Crippen molar-refractivity contribution in [2.24, 2.45) is 7.05 Å². The Labute approximate surface area is 206 Å². The lowest BCUT2D eigenvalue weighted by Crippen LogP contribution is -2.13. The number of benzene rings is 2. The summed E-state index contributed by atoms with van der Waals surface area (Å²) in [5, 5.41) is 9.05. The first-order valence-electron chi connectivity index (χ1n) is 10.6. The number of para-hydroxylation sites is 1. The van der Waals surface area contributed by atoms with Crippen molar-refractivity contribution in [2.45, 2.75) is 10.6 Å². The molecule has 8 heteroatoms. The van der Waals surface area contributed by atoms with Gasteiger partial charge in [0.05, 0.1) is 28.7 Å². The Bertz CT molecular complexity index is 1490. The lowest BCUT2D eigenvalue weighted by atomic mass is 10.2. The van der Waals surface area contributed by atoms with Crippen LogP contribution in [0.1, 0.15) is 15.9 Å². The van der Waals surface area contributed by atoms with Crippen molar-refractivity contribution < 1.29 is 4.79 Å². The van der Waals surface area contributed by atoms with Gasteiger partial charge in [-0.15, -0.1) is 11.8 Å². The molecule has 34 heavy (non-hydrogen) atoms. The zero-order valence-corrected chi connectivity index (χ0v) is 19.8. The molecule has 3 aromatic heterocycles. The van der Waals surface area contributed by atoms with Crippen molar-refractivity contribution in [3.05, 3.63) is 101 Å². The fourth-order valence-corrected chi connectivity index (χ4v) is 4.99. The molecule has 0 saturated heterocycles. The number of nitrogens with zero attached hydrogens (tertiary/aromatic N) is 4. The predicted molar refractivity (Wildman–Crippen MR) is 137 cm³/mol. The summed E-state index contributed by atoms with van der Waals surface area (Å²) in [7, 11) is 1.81. The molecular weight excluding hydrogens is 466 g/mol. The minimum Gasteiger partial charge on any atom is -0.321 e. The molecule has 0 aliphatic heterocycles. The van der Waals surface area contributed by atoms with E-state index < -0.39 is 0 Å². The molecule has 5 aromatic rings. The van der Waals surface area contributed by atoms with E-state index in [9.17, 15) is 4.79 Å². The number of anilines is 1. The average molecular weight is 486 g/mol. The van der Waals surface area contributed by atoms with E-state index in [1.807, 2.05) is 79.8 Å². The molecule has 5 rings (SSSR count). The first-order valence-corrected chi connectivity index (χ1v) is 12.0. The summed E-state index contributed by atoms with van der Waals surface area (Å²) in [6, 6.07) is 22.9. The Balaban J connectivity index is 1.38. The van der Waals surface area contributed by atoms with E-state index >= 15 is 0 Å². The number of thioether (sulfide) groups is 1. The lowest BCUT2D eigenvalue weighted by molar-refractivity contribution is 0.102. The number of rotatable bonds is 6. The molecule has 0 aliphatic rings. The third-order valence-electron chi connectivity index (χ3n) is 5.33. The molecule has 1 amide bonds. The largest absolute Gasteiger partial charge is 0.321 e. The highest BCUT2D eigenvalue weighted by Gasteiger charge is 2.19.